The fourth-order valence-corrected chi connectivity index (χ4v) is 1.46. The van der Waals surface area contributed by atoms with Gasteiger partial charge in [-0.15, -0.1) is 13.2 Å². The standard InChI is InChI=1S/C14H26O2.C2H4.H2O/c1-6-7-8-9-12(2)13(3,4)10-11-14(5,15)16;1-2;/h12,15-16H,6-9H2,1-5H3;1-2H2;1H2. The van der Waals surface area contributed by atoms with Crippen molar-refractivity contribution in [2.75, 3.05) is 0 Å². The van der Waals surface area contributed by atoms with E-state index in [1.54, 1.807) is 0 Å². The molecule has 0 spiro atoms. The van der Waals surface area contributed by atoms with Crippen LogP contribution in [0.2, 0.25) is 0 Å². The molecule has 0 aliphatic carbocycles. The molecule has 1 atom stereocenters. The van der Waals surface area contributed by atoms with Gasteiger partial charge in [0.1, 0.15) is 0 Å². The first-order valence-electron chi connectivity index (χ1n) is 6.68. The van der Waals surface area contributed by atoms with Crippen LogP contribution in [0.3, 0.4) is 0 Å². The third kappa shape index (κ3) is 13.4. The van der Waals surface area contributed by atoms with Crippen LogP contribution in [0, 0.1) is 23.2 Å². The molecule has 0 aromatic carbocycles. The first-order chi connectivity index (χ1) is 8.19. The Bertz CT molecular complexity index is 266. The molecule has 0 saturated heterocycles. The smallest absolute Gasteiger partial charge is 0.225 e. The highest BCUT2D eigenvalue weighted by atomic mass is 16.5. The molecule has 3 nitrogen and oxygen atoms in total. The van der Waals surface area contributed by atoms with E-state index in [2.05, 4.69) is 52.7 Å². The summed E-state index contributed by atoms with van der Waals surface area (Å²) in [6.45, 7) is 15.8. The van der Waals surface area contributed by atoms with Crippen LogP contribution in [0.5, 0.6) is 0 Å². The topological polar surface area (TPSA) is 72.0 Å². The minimum absolute atomic E-state index is 0. The summed E-state index contributed by atoms with van der Waals surface area (Å²) < 4.78 is 0. The lowest BCUT2D eigenvalue weighted by Crippen LogP contribution is -2.24. The third-order valence-electron chi connectivity index (χ3n) is 3.09. The monoisotopic (exact) mass is 272 g/mol. The Morgan fingerprint density at radius 2 is 1.53 bits per heavy atom. The van der Waals surface area contributed by atoms with Crippen LogP contribution in [0.4, 0.5) is 0 Å². The summed E-state index contributed by atoms with van der Waals surface area (Å²) in [6, 6.07) is 0. The van der Waals surface area contributed by atoms with Crippen LogP contribution >= 0.6 is 0 Å². The average Bonchev–Trinajstić information content (AvgIpc) is 2.28. The van der Waals surface area contributed by atoms with Crippen LogP contribution in [-0.4, -0.2) is 21.5 Å². The van der Waals surface area contributed by atoms with Crippen molar-refractivity contribution in [2.24, 2.45) is 11.3 Å². The van der Waals surface area contributed by atoms with E-state index in [1.807, 2.05) is 0 Å². The zero-order valence-corrected chi connectivity index (χ0v) is 13.2. The Kier molecular flexibility index (Phi) is 13.5. The van der Waals surface area contributed by atoms with Crippen molar-refractivity contribution in [1.29, 1.82) is 0 Å². The van der Waals surface area contributed by atoms with Gasteiger partial charge in [0.05, 0.1) is 0 Å². The summed E-state index contributed by atoms with van der Waals surface area (Å²) in [5.74, 6) is 4.06. The quantitative estimate of drug-likeness (QED) is 0.349. The van der Waals surface area contributed by atoms with Crippen LogP contribution in [0.25, 0.3) is 0 Å². The molecule has 0 heterocycles. The van der Waals surface area contributed by atoms with Crippen LogP contribution < -0.4 is 0 Å². The Morgan fingerprint density at radius 3 is 1.89 bits per heavy atom. The second-order valence-electron chi connectivity index (χ2n) is 5.39. The molecule has 0 fully saturated rings. The van der Waals surface area contributed by atoms with Crippen molar-refractivity contribution >= 4 is 0 Å². The molecule has 0 aromatic rings. The lowest BCUT2D eigenvalue weighted by atomic mass is 9.77. The Hall–Kier alpha value is -0.820. The maximum atomic E-state index is 9.16. The predicted molar refractivity (Wildman–Crippen MR) is 82.6 cm³/mol. The van der Waals surface area contributed by atoms with Gasteiger partial charge in [-0.25, -0.2) is 0 Å². The third-order valence-corrected chi connectivity index (χ3v) is 3.09. The number of unbranched alkanes of at least 4 members (excludes halogenated alkanes) is 2. The zero-order chi connectivity index (χ0) is 14.8. The van der Waals surface area contributed by atoms with Gasteiger partial charge in [0, 0.05) is 12.3 Å². The van der Waals surface area contributed by atoms with Crippen molar-refractivity contribution in [1.82, 2.24) is 0 Å². The molecular formula is C16H32O3. The average molecular weight is 272 g/mol. The molecule has 0 bridgehead atoms. The zero-order valence-electron chi connectivity index (χ0n) is 13.2. The highest BCUT2D eigenvalue weighted by Crippen LogP contribution is 2.30. The maximum Gasteiger partial charge on any atom is 0.225 e. The number of hydrogen-bond acceptors (Lipinski definition) is 2. The molecule has 3 heteroatoms. The molecule has 0 saturated carbocycles. The highest BCUT2D eigenvalue weighted by molar-refractivity contribution is 5.14. The van der Waals surface area contributed by atoms with E-state index in [-0.39, 0.29) is 10.9 Å². The molecule has 0 aromatic heterocycles. The van der Waals surface area contributed by atoms with Gasteiger partial charge >= 0.3 is 0 Å². The largest absolute Gasteiger partial charge is 0.412 e. The maximum absolute atomic E-state index is 9.16. The number of aliphatic hydroxyl groups is 2. The lowest BCUT2D eigenvalue weighted by Gasteiger charge is -2.26. The Morgan fingerprint density at radius 1 is 1.05 bits per heavy atom. The van der Waals surface area contributed by atoms with E-state index in [4.69, 9.17) is 10.2 Å². The van der Waals surface area contributed by atoms with Crippen LogP contribution in [0.1, 0.15) is 60.3 Å². The van der Waals surface area contributed by atoms with Gasteiger partial charge in [0.15, 0.2) is 0 Å². The van der Waals surface area contributed by atoms with Crippen molar-refractivity contribution in [3.63, 3.8) is 0 Å². The van der Waals surface area contributed by atoms with Gasteiger partial charge in [-0.3, -0.25) is 0 Å². The SMILES string of the molecule is C=C.CCCCCC(C)C(C)(C)C#CC(C)(O)O.O. The molecule has 1 unspecified atom stereocenters. The van der Waals surface area contributed by atoms with Gasteiger partial charge in [0.25, 0.3) is 0 Å². The molecule has 4 N–H and O–H groups in total. The summed E-state index contributed by atoms with van der Waals surface area (Å²) in [5.41, 5.74) is -0.166. The van der Waals surface area contributed by atoms with Crippen LogP contribution in [-0.2, 0) is 0 Å². The molecule has 0 rings (SSSR count). The lowest BCUT2D eigenvalue weighted by molar-refractivity contribution is -0.0918. The van der Waals surface area contributed by atoms with E-state index < -0.39 is 5.79 Å². The minimum Gasteiger partial charge on any atom is -0.412 e. The molecule has 114 valence electrons. The van der Waals surface area contributed by atoms with Gasteiger partial charge in [-0.1, -0.05) is 39.0 Å². The molecule has 0 aliphatic rings. The molecular weight excluding hydrogens is 240 g/mol. The van der Waals surface area contributed by atoms with E-state index in [1.165, 1.54) is 26.2 Å². The van der Waals surface area contributed by atoms with Gasteiger partial charge < -0.3 is 15.7 Å². The summed E-state index contributed by atoms with van der Waals surface area (Å²) in [6.07, 6.45) is 4.84. The normalized spacial score (nSPS) is 12.2. The van der Waals surface area contributed by atoms with Gasteiger partial charge in [-0.2, -0.15) is 0 Å². The summed E-state index contributed by atoms with van der Waals surface area (Å²) in [5, 5.41) is 18.3. The fraction of sp³-hybridized carbons (Fsp3) is 0.750. The Balaban J connectivity index is -0.000000809. The first-order valence-corrected chi connectivity index (χ1v) is 6.68. The second kappa shape index (κ2) is 11.0. The molecule has 0 amide bonds. The van der Waals surface area contributed by atoms with E-state index in [0.29, 0.717) is 5.92 Å². The summed E-state index contributed by atoms with van der Waals surface area (Å²) in [4.78, 5) is 0. The van der Waals surface area contributed by atoms with E-state index in [0.717, 1.165) is 6.42 Å². The first kappa shape index (κ1) is 23.3. The molecule has 19 heavy (non-hydrogen) atoms. The van der Waals surface area contributed by atoms with Crippen molar-refractivity contribution in [3.8, 4) is 11.8 Å². The van der Waals surface area contributed by atoms with Gasteiger partial charge in [-0.05, 0) is 32.1 Å². The van der Waals surface area contributed by atoms with Crippen molar-refractivity contribution in [3.05, 3.63) is 13.2 Å². The number of hydrogen-bond donors (Lipinski definition) is 2. The highest BCUT2D eigenvalue weighted by Gasteiger charge is 2.24. The van der Waals surface area contributed by atoms with E-state index >= 15 is 0 Å². The minimum atomic E-state index is -1.87. The van der Waals surface area contributed by atoms with E-state index in [9.17, 15) is 0 Å². The summed E-state index contributed by atoms with van der Waals surface area (Å²) >= 11 is 0. The summed E-state index contributed by atoms with van der Waals surface area (Å²) in [7, 11) is 0. The van der Waals surface area contributed by atoms with Crippen molar-refractivity contribution in [2.45, 2.75) is 66.1 Å². The molecule has 0 radical (unpaired) electrons. The number of rotatable bonds is 5. The van der Waals surface area contributed by atoms with Gasteiger partial charge in [0.2, 0.25) is 5.79 Å². The fourth-order valence-electron chi connectivity index (χ4n) is 1.46. The second-order valence-corrected chi connectivity index (χ2v) is 5.39. The predicted octanol–water partition coefficient (Wildman–Crippen LogP) is 2.91. The van der Waals surface area contributed by atoms with Crippen LogP contribution in [0.15, 0.2) is 13.2 Å². The Labute approximate surface area is 119 Å². The molecule has 0 aliphatic heterocycles. The van der Waals surface area contributed by atoms with Crippen molar-refractivity contribution < 1.29 is 15.7 Å².